The van der Waals surface area contributed by atoms with Gasteiger partial charge in [-0.25, -0.2) is 0 Å². The number of aliphatic hydroxyl groups excluding tert-OH is 1. The Morgan fingerprint density at radius 3 is 2.84 bits per heavy atom. The van der Waals surface area contributed by atoms with Gasteiger partial charge in [-0.05, 0) is 36.6 Å². The van der Waals surface area contributed by atoms with Gasteiger partial charge in [0.1, 0.15) is 0 Å². The van der Waals surface area contributed by atoms with Crippen molar-refractivity contribution in [2.24, 2.45) is 0 Å². The van der Waals surface area contributed by atoms with Gasteiger partial charge in [0.15, 0.2) is 0 Å². The van der Waals surface area contributed by atoms with Gasteiger partial charge in [0.2, 0.25) is 0 Å². The molecule has 0 saturated carbocycles. The van der Waals surface area contributed by atoms with Crippen LogP contribution in [0.5, 0.6) is 0 Å². The number of aryl methyl sites for hydroxylation is 1. The van der Waals surface area contributed by atoms with Crippen LogP contribution >= 0.6 is 15.9 Å². The summed E-state index contributed by atoms with van der Waals surface area (Å²) >= 11 is 3.47. The van der Waals surface area contributed by atoms with E-state index in [-0.39, 0.29) is 0 Å². The monoisotopic (exact) mass is 329 g/mol. The number of anilines is 1. The molecule has 2 N–H and O–H groups in total. The Balaban J connectivity index is 2.35. The SMILES string of the molecule is CCCCOCC(O)CNc1ccc(Br)cc1CC. The van der Waals surface area contributed by atoms with Crippen molar-refractivity contribution in [3.8, 4) is 0 Å². The van der Waals surface area contributed by atoms with Gasteiger partial charge in [-0.15, -0.1) is 0 Å². The van der Waals surface area contributed by atoms with Crippen molar-refractivity contribution in [1.82, 2.24) is 0 Å². The summed E-state index contributed by atoms with van der Waals surface area (Å²) in [6.07, 6.45) is 2.66. The largest absolute Gasteiger partial charge is 0.389 e. The van der Waals surface area contributed by atoms with E-state index in [9.17, 15) is 5.11 Å². The number of halogens is 1. The van der Waals surface area contributed by atoms with Gasteiger partial charge < -0.3 is 15.2 Å². The van der Waals surface area contributed by atoms with Crippen LogP contribution in [0.15, 0.2) is 22.7 Å². The molecule has 1 aromatic carbocycles. The minimum Gasteiger partial charge on any atom is -0.389 e. The highest BCUT2D eigenvalue weighted by atomic mass is 79.9. The quantitative estimate of drug-likeness (QED) is 0.680. The molecule has 0 spiro atoms. The predicted molar refractivity (Wildman–Crippen MR) is 83.7 cm³/mol. The molecule has 1 atom stereocenters. The van der Waals surface area contributed by atoms with Crippen LogP contribution in [-0.2, 0) is 11.2 Å². The summed E-state index contributed by atoms with van der Waals surface area (Å²) in [5, 5.41) is 13.1. The summed E-state index contributed by atoms with van der Waals surface area (Å²) < 4.78 is 6.48. The van der Waals surface area contributed by atoms with Crippen molar-refractivity contribution in [3.05, 3.63) is 28.2 Å². The summed E-state index contributed by atoms with van der Waals surface area (Å²) in [5.41, 5.74) is 2.33. The molecule has 1 unspecified atom stereocenters. The first-order valence-electron chi connectivity index (χ1n) is 6.95. The number of aliphatic hydroxyl groups is 1. The molecule has 0 radical (unpaired) electrons. The van der Waals surface area contributed by atoms with Crippen LogP contribution in [0.1, 0.15) is 32.3 Å². The van der Waals surface area contributed by atoms with Gasteiger partial charge in [0, 0.05) is 23.3 Å². The second-order valence-corrected chi connectivity index (χ2v) is 5.53. The number of hydrogen-bond acceptors (Lipinski definition) is 3. The normalized spacial score (nSPS) is 12.4. The Morgan fingerprint density at radius 2 is 2.16 bits per heavy atom. The van der Waals surface area contributed by atoms with Crippen molar-refractivity contribution >= 4 is 21.6 Å². The lowest BCUT2D eigenvalue weighted by atomic mass is 10.1. The second kappa shape index (κ2) is 9.34. The third-order valence-electron chi connectivity index (χ3n) is 2.93. The van der Waals surface area contributed by atoms with Gasteiger partial charge in [-0.1, -0.05) is 36.2 Å². The second-order valence-electron chi connectivity index (χ2n) is 4.62. The average Bonchev–Trinajstić information content (AvgIpc) is 2.42. The van der Waals surface area contributed by atoms with E-state index in [1.54, 1.807) is 0 Å². The van der Waals surface area contributed by atoms with E-state index in [0.29, 0.717) is 13.2 Å². The van der Waals surface area contributed by atoms with Crippen LogP contribution in [0, 0.1) is 0 Å². The third-order valence-corrected chi connectivity index (χ3v) is 3.42. The Morgan fingerprint density at radius 1 is 1.37 bits per heavy atom. The topological polar surface area (TPSA) is 41.5 Å². The zero-order chi connectivity index (χ0) is 14.1. The Hall–Kier alpha value is -0.580. The van der Waals surface area contributed by atoms with Crippen molar-refractivity contribution in [3.63, 3.8) is 0 Å². The van der Waals surface area contributed by atoms with Crippen LogP contribution in [0.3, 0.4) is 0 Å². The van der Waals surface area contributed by atoms with Crippen LogP contribution < -0.4 is 5.32 Å². The van der Waals surface area contributed by atoms with Gasteiger partial charge in [-0.3, -0.25) is 0 Å². The van der Waals surface area contributed by atoms with Gasteiger partial charge in [-0.2, -0.15) is 0 Å². The van der Waals surface area contributed by atoms with Crippen LogP contribution in [0.2, 0.25) is 0 Å². The van der Waals surface area contributed by atoms with E-state index in [0.717, 1.165) is 36.0 Å². The molecule has 1 rings (SSSR count). The summed E-state index contributed by atoms with van der Waals surface area (Å²) in [4.78, 5) is 0. The Bertz CT molecular complexity index is 371. The minimum atomic E-state index is -0.467. The van der Waals surface area contributed by atoms with Gasteiger partial charge in [0.05, 0.1) is 12.7 Å². The van der Waals surface area contributed by atoms with Crippen LogP contribution in [0.25, 0.3) is 0 Å². The number of ether oxygens (including phenoxy) is 1. The minimum absolute atomic E-state index is 0.394. The van der Waals surface area contributed by atoms with E-state index in [1.807, 2.05) is 12.1 Å². The lowest BCUT2D eigenvalue weighted by Gasteiger charge is -2.15. The number of unbranched alkanes of at least 4 members (excludes halogenated alkanes) is 1. The first-order valence-corrected chi connectivity index (χ1v) is 7.74. The molecule has 0 aromatic heterocycles. The van der Waals surface area contributed by atoms with Crippen LogP contribution in [0.4, 0.5) is 5.69 Å². The molecule has 0 aliphatic rings. The molecule has 108 valence electrons. The Labute approximate surface area is 124 Å². The molecule has 0 aliphatic carbocycles. The summed E-state index contributed by atoms with van der Waals surface area (Å²) in [7, 11) is 0. The molecular formula is C15H24BrNO2. The Kier molecular flexibility index (Phi) is 8.10. The van der Waals surface area contributed by atoms with E-state index < -0.39 is 6.10 Å². The molecule has 19 heavy (non-hydrogen) atoms. The fraction of sp³-hybridized carbons (Fsp3) is 0.600. The maximum Gasteiger partial charge on any atom is 0.0945 e. The number of rotatable bonds is 9. The van der Waals surface area contributed by atoms with Crippen LogP contribution in [-0.4, -0.2) is 31.0 Å². The molecular weight excluding hydrogens is 306 g/mol. The highest BCUT2D eigenvalue weighted by Gasteiger charge is 2.06. The molecule has 0 heterocycles. The third kappa shape index (κ3) is 6.41. The fourth-order valence-electron chi connectivity index (χ4n) is 1.78. The molecule has 3 nitrogen and oxygen atoms in total. The molecule has 0 fully saturated rings. The first-order chi connectivity index (χ1) is 9.17. The smallest absolute Gasteiger partial charge is 0.0945 e. The van der Waals surface area contributed by atoms with Gasteiger partial charge in [0.25, 0.3) is 0 Å². The van der Waals surface area contributed by atoms with Crippen molar-refractivity contribution in [2.45, 2.75) is 39.2 Å². The highest BCUT2D eigenvalue weighted by molar-refractivity contribution is 9.10. The summed E-state index contributed by atoms with van der Waals surface area (Å²) in [5.74, 6) is 0. The van der Waals surface area contributed by atoms with E-state index in [1.165, 1.54) is 5.56 Å². The zero-order valence-corrected chi connectivity index (χ0v) is 13.4. The lowest BCUT2D eigenvalue weighted by molar-refractivity contribution is 0.0421. The van der Waals surface area contributed by atoms with Crippen molar-refractivity contribution in [2.75, 3.05) is 25.1 Å². The lowest BCUT2D eigenvalue weighted by Crippen LogP contribution is -2.25. The average molecular weight is 330 g/mol. The number of nitrogens with one attached hydrogen (secondary N) is 1. The fourth-order valence-corrected chi connectivity index (χ4v) is 2.19. The maximum atomic E-state index is 9.83. The molecule has 1 aromatic rings. The summed E-state index contributed by atoms with van der Waals surface area (Å²) in [6.45, 7) is 5.89. The number of benzene rings is 1. The molecule has 0 bridgehead atoms. The molecule has 4 heteroatoms. The first kappa shape index (κ1) is 16.5. The van der Waals surface area contributed by atoms with E-state index >= 15 is 0 Å². The maximum absolute atomic E-state index is 9.83. The summed E-state index contributed by atoms with van der Waals surface area (Å²) in [6, 6.07) is 6.14. The zero-order valence-electron chi connectivity index (χ0n) is 11.8. The van der Waals surface area contributed by atoms with Gasteiger partial charge >= 0.3 is 0 Å². The predicted octanol–water partition coefficient (Wildman–Crippen LogP) is 3.60. The standard InChI is InChI=1S/C15H24BrNO2/c1-3-5-8-19-11-14(18)10-17-15-7-6-13(16)9-12(15)4-2/h6-7,9,14,17-18H,3-5,8,10-11H2,1-2H3. The van der Waals surface area contributed by atoms with E-state index in [2.05, 4.69) is 41.2 Å². The highest BCUT2D eigenvalue weighted by Crippen LogP contribution is 2.21. The van der Waals surface area contributed by atoms with Crippen molar-refractivity contribution in [1.29, 1.82) is 0 Å². The molecule has 0 aliphatic heterocycles. The molecule has 0 amide bonds. The van der Waals surface area contributed by atoms with E-state index in [4.69, 9.17) is 4.74 Å². The number of hydrogen-bond donors (Lipinski definition) is 2. The molecule has 0 saturated heterocycles. The van der Waals surface area contributed by atoms with Crippen molar-refractivity contribution < 1.29 is 9.84 Å².